The number of aryl methyl sites for hydroxylation is 1. The van der Waals surface area contributed by atoms with Crippen LogP contribution in [-0.2, 0) is 34.2 Å². The number of fused-ring (bicyclic) bond motifs is 1. The van der Waals surface area contributed by atoms with Crippen LogP contribution in [0.1, 0.15) is 23.6 Å². The number of hydrogen-bond acceptors (Lipinski definition) is 3. The highest BCUT2D eigenvalue weighted by molar-refractivity contribution is 7.89. The van der Waals surface area contributed by atoms with Crippen molar-refractivity contribution in [3.63, 3.8) is 0 Å². The average Bonchev–Trinajstić information content (AvgIpc) is 2.78. The molecular formula is C24H23ClN2O3S. The number of halogens is 1. The zero-order chi connectivity index (χ0) is 22.0. The summed E-state index contributed by atoms with van der Waals surface area (Å²) in [6.07, 6.45) is 1.15. The number of benzene rings is 3. The van der Waals surface area contributed by atoms with Crippen molar-refractivity contribution in [2.75, 3.05) is 5.32 Å². The molecule has 1 unspecified atom stereocenters. The highest BCUT2D eigenvalue weighted by Gasteiger charge is 2.39. The lowest BCUT2D eigenvalue weighted by Crippen LogP contribution is -2.50. The normalized spacial score (nSPS) is 16.5. The Morgan fingerprint density at radius 3 is 2.45 bits per heavy atom. The van der Waals surface area contributed by atoms with E-state index in [1.54, 1.807) is 0 Å². The maximum atomic E-state index is 13.5. The molecule has 0 spiro atoms. The number of hydrogen-bond donors (Lipinski definition) is 1. The molecule has 31 heavy (non-hydrogen) atoms. The molecule has 0 aliphatic carbocycles. The maximum Gasteiger partial charge on any atom is 0.244 e. The number of amides is 1. The minimum absolute atomic E-state index is 0.113. The average molecular weight is 455 g/mol. The van der Waals surface area contributed by atoms with Crippen LogP contribution in [0.2, 0.25) is 5.02 Å². The van der Waals surface area contributed by atoms with Gasteiger partial charge in [0.1, 0.15) is 6.04 Å². The van der Waals surface area contributed by atoms with Gasteiger partial charge in [0.2, 0.25) is 15.9 Å². The smallest absolute Gasteiger partial charge is 0.244 e. The number of carbonyl (C=O) groups excluding carboxylic acids is 1. The van der Waals surface area contributed by atoms with Crippen molar-refractivity contribution < 1.29 is 13.2 Å². The first-order chi connectivity index (χ1) is 14.9. The molecule has 1 heterocycles. The predicted octanol–water partition coefficient (Wildman–Crippen LogP) is 4.66. The van der Waals surface area contributed by atoms with E-state index < -0.39 is 16.1 Å². The molecule has 7 heteroatoms. The Hall–Kier alpha value is -2.67. The van der Waals surface area contributed by atoms with Gasteiger partial charge in [0.05, 0.1) is 4.90 Å². The minimum atomic E-state index is -3.91. The Morgan fingerprint density at radius 2 is 1.74 bits per heavy atom. The van der Waals surface area contributed by atoms with Gasteiger partial charge >= 0.3 is 0 Å². The molecule has 0 bridgehead atoms. The molecule has 1 atom stereocenters. The van der Waals surface area contributed by atoms with Crippen LogP contribution in [0.3, 0.4) is 0 Å². The van der Waals surface area contributed by atoms with Crippen LogP contribution in [0.4, 0.5) is 5.69 Å². The molecule has 5 nitrogen and oxygen atoms in total. The van der Waals surface area contributed by atoms with Gasteiger partial charge in [-0.1, -0.05) is 54.9 Å². The highest BCUT2D eigenvalue weighted by Crippen LogP contribution is 2.30. The van der Waals surface area contributed by atoms with Crippen LogP contribution >= 0.6 is 11.6 Å². The van der Waals surface area contributed by atoms with E-state index in [1.165, 1.54) is 28.6 Å². The highest BCUT2D eigenvalue weighted by atomic mass is 35.5. The predicted molar refractivity (Wildman–Crippen MR) is 123 cm³/mol. The summed E-state index contributed by atoms with van der Waals surface area (Å²) in [4.78, 5) is 13.4. The van der Waals surface area contributed by atoms with E-state index >= 15 is 0 Å². The summed E-state index contributed by atoms with van der Waals surface area (Å²) >= 11 is 5.94. The maximum absolute atomic E-state index is 13.5. The topological polar surface area (TPSA) is 66.5 Å². The van der Waals surface area contributed by atoms with Gasteiger partial charge in [-0.15, -0.1) is 0 Å². The van der Waals surface area contributed by atoms with Gasteiger partial charge in [-0.25, -0.2) is 8.42 Å². The number of carbonyl (C=O) groups is 1. The lowest BCUT2D eigenvalue weighted by Gasteiger charge is -2.35. The summed E-state index contributed by atoms with van der Waals surface area (Å²) < 4.78 is 28.2. The van der Waals surface area contributed by atoms with Crippen LogP contribution in [0.25, 0.3) is 0 Å². The largest absolute Gasteiger partial charge is 0.325 e. The summed E-state index contributed by atoms with van der Waals surface area (Å²) in [5.41, 5.74) is 3.63. The Bertz CT molecular complexity index is 1210. The van der Waals surface area contributed by atoms with Crippen molar-refractivity contribution in [1.82, 2.24) is 4.31 Å². The molecule has 1 aliphatic rings. The van der Waals surface area contributed by atoms with E-state index in [-0.39, 0.29) is 17.3 Å². The Kier molecular flexibility index (Phi) is 6.14. The van der Waals surface area contributed by atoms with E-state index in [2.05, 4.69) is 5.32 Å². The monoisotopic (exact) mass is 454 g/mol. The second-order valence-corrected chi connectivity index (χ2v) is 9.86. The third kappa shape index (κ3) is 4.51. The first-order valence-electron chi connectivity index (χ1n) is 10.1. The summed E-state index contributed by atoms with van der Waals surface area (Å²) in [5.74, 6) is -0.347. The van der Waals surface area contributed by atoms with Gasteiger partial charge in [0.25, 0.3) is 0 Å². The molecule has 3 aromatic rings. The van der Waals surface area contributed by atoms with Crippen LogP contribution in [0.15, 0.2) is 77.7 Å². The minimum Gasteiger partial charge on any atom is -0.325 e. The zero-order valence-electron chi connectivity index (χ0n) is 17.1. The van der Waals surface area contributed by atoms with Crippen LogP contribution < -0.4 is 5.32 Å². The SMILES string of the molecule is CCc1cccc(NC(=O)C2Cc3ccccc3CN2S(=O)(=O)c2ccc(Cl)cc2)c1. The third-order valence-electron chi connectivity index (χ3n) is 5.53. The zero-order valence-corrected chi connectivity index (χ0v) is 18.7. The van der Waals surface area contributed by atoms with Crippen LogP contribution in [0.5, 0.6) is 0 Å². The molecule has 3 aromatic carbocycles. The Morgan fingerprint density at radius 1 is 1.03 bits per heavy atom. The van der Waals surface area contributed by atoms with Crippen molar-refractivity contribution >= 4 is 33.2 Å². The number of rotatable bonds is 5. The second-order valence-electron chi connectivity index (χ2n) is 7.54. The Labute approximate surface area is 187 Å². The summed E-state index contributed by atoms with van der Waals surface area (Å²) in [5, 5.41) is 3.37. The second kappa shape index (κ2) is 8.83. The van der Waals surface area contributed by atoms with Gasteiger partial charge in [-0.05, 0) is 65.9 Å². The van der Waals surface area contributed by atoms with Gasteiger partial charge in [-0.2, -0.15) is 4.31 Å². The van der Waals surface area contributed by atoms with Crippen molar-refractivity contribution in [3.8, 4) is 0 Å². The van der Waals surface area contributed by atoms with E-state index in [1.807, 2.05) is 55.5 Å². The first kappa shape index (κ1) is 21.6. The molecule has 0 aromatic heterocycles. The molecule has 0 radical (unpaired) electrons. The quantitative estimate of drug-likeness (QED) is 0.609. The molecule has 1 amide bonds. The fourth-order valence-electron chi connectivity index (χ4n) is 3.81. The Balaban J connectivity index is 1.70. The van der Waals surface area contributed by atoms with Gasteiger partial charge in [0.15, 0.2) is 0 Å². The lowest BCUT2D eigenvalue weighted by atomic mass is 9.95. The fourth-order valence-corrected chi connectivity index (χ4v) is 5.50. The third-order valence-corrected chi connectivity index (χ3v) is 7.65. The number of nitrogens with zero attached hydrogens (tertiary/aromatic N) is 1. The van der Waals surface area contributed by atoms with E-state index in [9.17, 15) is 13.2 Å². The molecule has 0 saturated carbocycles. The molecule has 1 aliphatic heterocycles. The van der Waals surface area contributed by atoms with Crippen LogP contribution in [0, 0.1) is 0 Å². The molecule has 4 rings (SSSR count). The number of nitrogens with one attached hydrogen (secondary N) is 1. The van der Waals surface area contributed by atoms with E-state index in [0.717, 1.165) is 23.1 Å². The van der Waals surface area contributed by atoms with Gasteiger partial charge in [-0.3, -0.25) is 4.79 Å². The molecule has 0 saturated heterocycles. The van der Waals surface area contributed by atoms with Crippen molar-refractivity contribution in [3.05, 3.63) is 94.5 Å². The van der Waals surface area contributed by atoms with Gasteiger partial charge < -0.3 is 5.32 Å². The number of sulfonamides is 1. The standard InChI is InChI=1S/C24H23ClN2O3S/c1-2-17-6-5-9-21(14-17)26-24(28)23-15-18-7-3-4-8-19(18)16-27(23)31(29,30)22-12-10-20(25)11-13-22/h3-14,23H,2,15-16H2,1H3,(H,26,28). The summed E-state index contributed by atoms with van der Waals surface area (Å²) in [6, 6.07) is 20.4. The molecular weight excluding hydrogens is 432 g/mol. The summed E-state index contributed by atoms with van der Waals surface area (Å²) in [7, 11) is -3.91. The number of anilines is 1. The van der Waals surface area contributed by atoms with E-state index in [0.29, 0.717) is 17.1 Å². The fraction of sp³-hybridized carbons (Fsp3) is 0.208. The van der Waals surface area contributed by atoms with E-state index in [4.69, 9.17) is 11.6 Å². The van der Waals surface area contributed by atoms with Crippen molar-refractivity contribution in [2.45, 2.75) is 37.2 Å². The lowest BCUT2D eigenvalue weighted by molar-refractivity contribution is -0.120. The van der Waals surface area contributed by atoms with Crippen molar-refractivity contribution in [1.29, 1.82) is 0 Å². The first-order valence-corrected chi connectivity index (χ1v) is 11.9. The summed E-state index contributed by atoms with van der Waals surface area (Å²) in [6.45, 7) is 2.17. The molecule has 0 fully saturated rings. The van der Waals surface area contributed by atoms with Gasteiger partial charge in [0, 0.05) is 17.3 Å². The van der Waals surface area contributed by atoms with Crippen LogP contribution in [-0.4, -0.2) is 24.7 Å². The van der Waals surface area contributed by atoms with Crippen molar-refractivity contribution in [2.24, 2.45) is 0 Å². The molecule has 160 valence electrons. The molecule has 1 N–H and O–H groups in total.